The van der Waals surface area contributed by atoms with E-state index in [1.165, 1.54) is 89.9 Å². The summed E-state index contributed by atoms with van der Waals surface area (Å²) in [5.41, 5.74) is 0. The second-order valence-electron chi connectivity index (χ2n) is 30.0. The first-order chi connectivity index (χ1) is 57.2. The molecule has 0 fully saturated rings. The predicted octanol–water partition coefficient (Wildman–Crippen LogP) is 28.2. The first-order valence-electron chi connectivity index (χ1n) is 45.7. The lowest BCUT2D eigenvalue weighted by atomic mass is 10.0. The number of phosphoric ester groups is 2. The van der Waals surface area contributed by atoms with Crippen molar-refractivity contribution in [2.24, 2.45) is 0 Å². The lowest BCUT2D eigenvalue weighted by molar-refractivity contribution is -0.161. The number of unbranched alkanes of at least 4 members (excludes halogenated alkanes) is 30. The minimum absolute atomic E-state index is 0.0848. The fourth-order valence-corrected chi connectivity index (χ4v) is 13.6. The van der Waals surface area contributed by atoms with Crippen molar-refractivity contribution in [2.45, 2.75) is 373 Å². The fourth-order valence-electron chi connectivity index (χ4n) is 12.0. The molecule has 5 unspecified atom stereocenters. The quantitative estimate of drug-likeness (QED) is 0.0146. The van der Waals surface area contributed by atoms with Crippen LogP contribution in [0.3, 0.4) is 0 Å². The Hall–Kier alpha value is -5.61. The van der Waals surface area contributed by atoms with Crippen molar-refractivity contribution in [1.29, 1.82) is 0 Å². The lowest BCUT2D eigenvalue weighted by Gasteiger charge is -2.21. The minimum atomic E-state index is -4.95. The molecule has 0 heterocycles. The molecule has 0 aromatic carbocycles. The number of carbonyl (C=O) groups excluding carboxylic acids is 3. The predicted molar refractivity (Wildman–Crippen MR) is 491 cm³/mol. The van der Waals surface area contributed by atoms with E-state index in [4.69, 9.17) is 32.3 Å². The highest BCUT2D eigenvalue weighted by atomic mass is 31.2. The third kappa shape index (κ3) is 91.0. The van der Waals surface area contributed by atoms with E-state index in [1.807, 2.05) is 0 Å². The number of carbonyl (C=O) groups is 3. The van der Waals surface area contributed by atoms with Gasteiger partial charge in [-0.05, 0) is 161 Å². The molecule has 666 valence electrons. The van der Waals surface area contributed by atoms with Crippen LogP contribution in [0.15, 0.2) is 194 Å². The Kier molecular flexibility index (Phi) is 85.3. The highest BCUT2D eigenvalue weighted by Gasteiger charge is 2.29. The number of ether oxygens (including phenoxy) is 3. The van der Waals surface area contributed by atoms with Gasteiger partial charge in [-0.3, -0.25) is 32.5 Å². The third-order valence-electron chi connectivity index (χ3n) is 18.8. The van der Waals surface area contributed by atoms with Gasteiger partial charge in [0.25, 0.3) is 0 Å². The van der Waals surface area contributed by atoms with Crippen LogP contribution in [-0.2, 0) is 55.8 Å². The SMILES string of the molecule is CC/C=C\C/C=C\C/C=C\C/C=C\C/C=C\C/C=C\CCCCCCCCCCCCCCC(=O)OCC(O)COP(=O)(O)OCC(O)COP(=O)(O)OCC(COC(=O)CCCCCCCCCCCCC/C=C\C/C=C\C/C=C\C/C=C\C/C=C\CC)OC(=O)CCCCCCCCC/C=C\C/C=C\C/C=C\C/C=C\C/C=C\CC. The lowest BCUT2D eigenvalue weighted by Crippen LogP contribution is -2.30. The second kappa shape index (κ2) is 89.6. The number of allylic oxidation sites excluding steroid dienone is 32. The molecule has 0 aliphatic carbocycles. The highest BCUT2D eigenvalue weighted by Crippen LogP contribution is 2.45. The van der Waals surface area contributed by atoms with Crippen LogP contribution in [0.5, 0.6) is 0 Å². The number of aliphatic hydroxyl groups is 2. The fraction of sp³-hybridized carbons (Fsp3) is 0.646. The van der Waals surface area contributed by atoms with E-state index in [1.54, 1.807) is 0 Å². The summed E-state index contributed by atoms with van der Waals surface area (Å²) >= 11 is 0. The van der Waals surface area contributed by atoms with Gasteiger partial charge in [0.2, 0.25) is 0 Å². The van der Waals surface area contributed by atoms with E-state index >= 15 is 0 Å². The standard InChI is InChI=1S/C99H164O16P2/c1-4-7-10-13-16-19-22-25-28-31-34-37-40-42-44-45-46-47-49-51-53-55-58-61-64-67-70-73-76-79-82-85-97(102)109-88-94(100)89-111-116(105,106)112-90-95(101)91-113-117(107,108)114-93-96(115-99(104)87-84-81-78-75-72-69-66-63-60-57-52-39-36-33-30-27-24-21-18-15-12-9-6-3)92-110-98(103)86-83-80-77-74-71-68-65-62-59-56-54-50-48-43-41-38-35-32-29-26-23-20-17-14-11-8-5-2/h7-12,16-21,25-30,34-39,42-44,46-48,57,60,94-96,100-101H,4-6,13-15,22-24,31-33,40-41,45,49-56,58-59,61-93H2,1-3H3,(H,105,106)(H,107,108)/b10-7-,11-8-,12-9-,19-16-,20-17-,21-18-,28-25-,29-26-,30-27-,37-34-,38-35-,39-36-,44-42-,47-46-,48-43-,60-57-. The Morgan fingerprint density at radius 3 is 0.675 bits per heavy atom. The van der Waals surface area contributed by atoms with Gasteiger partial charge >= 0.3 is 33.6 Å². The Morgan fingerprint density at radius 2 is 0.427 bits per heavy atom. The number of rotatable bonds is 85. The van der Waals surface area contributed by atoms with Crippen molar-refractivity contribution in [3.8, 4) is 0 Å². The molecule has 0 saturated heterocycles. The highest BCUT2D eigenvalue weighted by molar-refractivity contribution is 7.47. The van der Waals surface area contributed by atoms with Gasteiger partial charge in [-0.2, -0.15) is 0 Å². The Labute approximate surface area is 712 Å². The molecular formula is C99H164O16P2. The van der Waals surface area contributed by atoms with Crippen LogP contribution in [0.4, 0.5) is 0 Å². The summed E-state index contributed by atoms with van der Waals surface area (Å²) in [6.45, 7) is 2.35. The van der Waals surface area contributed by atoms with Gasteiger partial charge in [-0.15, -0.1) is 0 Å². The maximum absolute atomic E-state index is 13.1. The van der Waals surface area contributed by atoms with E-state index in [0.29, 0.717) is 19.3 Å². The minimum Gasteiger partial charge on any atom is -0.463 e. The topological polar surface area (TPSA) is 231 Å². The van der Waals surface area contributed by atoms with Crippen molar-refractivity contribution in [3.63, 3.8) is 0 Å². The summed E-state index contributed by atoms with van der Waals surface area (Å²) < 4.78 is 61.5. The first-order valence-corrected chi connectivity index (χ1v) is 48.7. The molecule has 0 aliphatic rings. The van der Waals surface area contributed by atoms with Gasteiger partial charge in [-0.1, -0.05) is 369 Å². The largest absolute Gasteiger partial charge is 0.472 e. The average molecular weight is 1670 g/mol. The van der Waals surface area contributed by atoms with E-state index in [2.05, 4.69) is 215 Å². The molecule has 117 heavy (non-hydrogen) atoms. The van der Waals surface area contributed by atoms with Crippen LogP contribution in [0.25, 0.3) is 0 Å². The molecule has 0 radical (unpaired) electrons. The molecule has 0 rings (SSSR count). The number of aliphatic hydroxyl groups excluding tert-OH is 2. The van der Waals surface area contributed by atoms with Gasteiger partial charge in [0.1, 0.15) is 25.4 Å². The van der Waals surface area contributed by atoms with E-state index in [-0.39, 0.29) is 19.3 Å². The smallest absolute Gasteiger partial charge is 0.463 e. The maximum atomic E-state index is 13.1. The molecule has 0 aromatic heterocycles. The molecule has 0 amide bonds. The van der Waals surface area contributed by atoms with Crippen LogP contribution in [0.2, 0.25) is 0 Å². The van der Waals surface area contributed by atoms with Crippen molar-refractivity contribution < 1.29 is 75.8 Å². The van der Waals surface area contributed by atoms with Gasteiger partial charge < -0.3 is 34.2 Å². The van der Waals surface area contributed by atoms with Gasteiger partial charge in [0.05, 0.1) is 26.4 Å². The normalized spacial score (nSPS) is 14.7. The van der Waals surface area contributed by atoms with Gasteiger partial charge in [0, 0.05) is 19.3 Å². The second-order valence-corrected chi connectivity index (χ2v) is 32.9. The summed E-state index contributed by atoms with van der Waals surface area (Å²) in [6, 6.07) is 0. The van der Waals surface area contributed by atoms with Gasteiger partial charge in [-0.25, -0.2) is 9.13 Å². The molecule has 18 heteroatoms. The number of hydrogen-bond acceptors (Lipinski definition) is 14. The Morgan fingerprint density at radius 1 is 0.239 bits per heavy atom. The summed E-state index contributed by atoms with van der Waals surface area (Å²) in [5.74, 6) is -1.59. The molecular weight excluding hydrogens is 1510 g/mol. The van der Waals surface area contributed by atoms with Crippen LogP contribution in [0, 0.1) is 0 Å². The van der Waals surface area contributed by atoms with E-state index in [0.717, 1.165) is 205 Å². The number of esters is 3. The third-order valence-corrected chi connectivity index (χ3v) is 20.7. The molecule has 0 bridgehead atoms. The van der Waals surface area contributed by atoms with Crippen molar-refractivity contribution in [1.82, 2.24) is 0 Å². The van der Waals surface area contributed by atoms with Crippen LogP contribution in [-0.4, -0.2) is 95.9 Å². The molecule has 0 aliphatic heterocycles. The zero-order chi connectivity index (χ0) is 85.1. The zero-order valence-corrected chi connectivity index (χ0v) is 75.1. The maximum Gasteiger partial charge on any atom is 0.472 e. The molecule has 0 saturated carbocycles. The number of hydrogen-bond donors (Lipinski definition) is 4. The monoisotopic (exact) mass is 1670 g/mol. The summed E-state index contributed by atoms with van der Waals surface area (Å²) in [6.07, 6.45) is 119. The Balaban J connectivity index is 4.64. The van der Waals surface area contributed by atoms with Crippen LogP contribution >= 0.6 is 15.6 Å². The average Bonchev–Trinajstić information content (AvgIpc) is 0.901. The van der Waals surface area contributed by atoms with E-state index < -0.39 is 91.5 Å². The first kappa shape index (κ1) is 111. The summed E-state index contributed by atoms with van der Waals surface area (Å²) in [7, 11) is -9.82. The van der Waals surface area contributed by atoms with Crippen molar-refractivity contribution >= 4 is 33.6 Å². The molecule has 0 aromatic rings. The van der Waals surface area contributed by atoms with Gasteiger partial charge in [0.15, 0.2) is 6.10 Å². The van der Waals surface area contributed by atoms with Crippen molar-refractivity contribution in [3.05, 3.63) is 194 Å². The number of phosphoric acid groups is 2. The summed E-state index contributed by atoms with van der Waals surface area (Å²) in [5, 5.41) is 20.7. The molecule has 4 N–H and O–H groups in total. The summed E-state index contributed by atoms with van der Waals surface area (Å²) in [4.78, 5) is 59.0. The van der Waals surface area contributed by atoms with Crippen LogP contribution < -0.4 is 0 Å². The zero-order valence-electron chi connectivity index (χ0n) is 73.3. The molecule has 16 nitrogen and oxygen atoms in total. The molecule has 0 spiro atoms. The Bertz CT molecular complexity index is 2910. The molecule has 5 atom stereocenters. The van der Waals surface area contributed by atoms with Crippen LogP contribution in [0.1, 0.15) is 355 Å². The van der Waals surface area contributed by atoms with Crippen molar-refractivity contribution in [2.75, 3.05) is 39.6 Å². The van der Waals surface area contributed by atoms with E-state index in [9.17, 15) is 43.5 Å².